The van der Waals surface area contributed by atoms with Crippen LogP contribution in [0.25, 0.3) is 11.5 Å². The highest BCUT2D eigenvalue weighted by Crippen LogP contribution is 2.22. The number of alkyl halides is 1. The van der Waals surface area contributed by atoms with Gasteiger partial charge in [-0.3, -0.25) is 0 Å². The Labute approximate surface area is 98.2 Å². The maximum absolute atomic E-state index is 5.60. The highest BCUT2D eigenvalue weighted by atomic mass is 35.5. The van der Waals surface area contributed by atoms with Crippen molar-refractivity contribution in [1.82, 2.24) is 10.1 Å². The van der Waals surface area contributed by atoms with E-state index in [1.54, 1.807) is 0 Å². The third-order valence-electron chi connectivity index (χ3n) is 1.98. The fourth-order valence-electron chi connectivity index (χ4n) is 1.31. The number of nitrogens with zero attached hydrogens (tertiary/aromatic N) is 2. The minimum absolute atomic E-state index is 0.245. The molecule has 5 heteroatoms. The summed E-state index contributed by atoms with van der Waals surface area (Å²) in [6.07, 6.45) is 0. The lowest BCUT2D eigenvalue weighted by atomic mass is 10.2. The average Bonchev–Trinajstić information content (AvgIpc) is 2.78. The molecular weight excluding hydrogens is 228 g/mol. The lowest BCUT2D eigenvalue weighted by Gasteiger charge is -2.02. The van der Waals surface area contributed by atoms with Crippen molar-refractivity contribution in [3.8, 4) is 17.2 Å². The summed E-state index contributed by atoms with van der Waals surface area (Å²) in [6.45, 7) is 2.56. The molecule has 0 fully saturated rings. The first kappa shape index (κ1) is 11.0. The van der Waals surface area contributed by atoms with Crippen LogP contribution in [0.15, 0.2) is 28.8 Å². The summed E-state index contributed by atoms with van der Waals surface area (Å²) in [5.41, 5.74) is 0.829. The van der Waals surface area contributed by atoms with E-state index in [1.807, 2.05) is 31.2 Å². The maximum atomic E-state index is 5.60. The second kappa shape index (κ2) is 4.99. The molecule has 0 saturated heterocycles. The normalized spacial score (nSPS) is 10.4. The summed E-state index contributed by atoms with van der Waals surface area (Å²) in [4.78, 5) is 4.13. The van der Waals surface area contributed by atoms with Crippen molar-refractivity contribution in [2.24, 2.45) is 0 Å². The molecule has 0 aliphatic heterocycles. The summed E-state index contributed by atoms with van der Waals surface area (Å²) < 4.78 is 10.5. The predicted molar refractivity (Wildman–Crippen MR) is 60.5 cm³/mol. The van der Waals surface area contributed by atoms with Gasteiger partial charge >= 0.3 is 0 Å². The van der Waals surface area contributed by atoms with Crippen LogP contribution in [0.1, 0.15) is 12.7 Å². The van der Waals surface area contributed by atoms with E-state index >= 15 is 0 Å². The smallest absolute Gasteiger partial charge is 0.258 e. The van der Waals surface area contributed by atoms with Crippen molar-refractivity contribution in [3.05, 3.63) is 30.1 Å². The Balaban J connectivity index is 2.28. The topological polar surface area (TPSA) is 48.2 Å². The maximum Gasteiger partial charge on any atom is 0.258 e. The van der Waals surface area contributed by atoms with Crippen LogP contribution in [-0.2, 0) is 5.88 Å². The van der Waals surface area contributed by atoms with E-state index in [2.05, 4.69) is 10.1 Å². The van der Waals surface area contributed by atoms with Crippen LogP contribution >= 0.6 is 11.6 Å². The summed E-state index contributed by atoms with van der Waals surface area (Å²) in [5.74, 6) is 1.97. The number of aromatic nitrogens is 2. The summed E-state index contributed by atoms with van der Waals surface area (Å²) in [7, 11) is 0. The molecule has 84 valence electrons. The molecule has 0 radical (unpaired) electrons. The van der Waals surface area contributed by atoms with Gasteiger partial charge in [-0.25, -0.2) is 0 Å². The highest BCUT2D eigenvalue weighted by Gasteiger charge is 2.08. The second-order valence-electron chi connectivity index (χ2n) is 3.11. The van der Waals surface area contributed by atoms with E-state index in [4.69, 9.17) is 20.9 Å². The lowest BCUT2D eigenvalue weighted by Crippen LogP contribution is -1.91. The van der Waals surface area contributed by atoms with E-state index in [1.165, 1.54) is 0 Å². The number of halogens is 1. The van der Waals surface area contributed by atoms with Gasteiger partial charge in [0.1, 0.15) is 5.75 Å². The first-order chi connectivity index (χ1) is 7.83. The number of rotatable bonds is 4. The molecule has 0 aliphatic carbocycles. The molecule has 0 spiro atoms. The zero-order valence-electron chi connectivity index (χ0n) is 8.81. The highest BCUT2D eigenvalue weighted by molar-refractivity contribution is 6.16. The molecule has 0 unspecified atom stereocenters. The van der Waals surface area contributed by atoms with E-state index in [9.17, 15) is 0 Å². The average molecular weight is 239 g/mol. The third-order valence-corrected chi connectivity index (χ3v) is 2.22. The van der Waals surface area contributed by atoms with E-state index in [0.717, 1.165) is 11.3 Å². The zero-order valence-corrected chi connectivity index (χ0v) is 9.57. The van der Waals surface area contributed by atoms with Crippen LogP contribution in [0.2, 0.25) is 0 Å². The Hall–Kier alpha value is -1.55. The summed E-state index contributed by atoms with van der Waals surface area (Å²) in [5, 5.41) is 3.73. The molecule has 0 aliphatic rings. The molecule has 2 aromatic rings. The molecule has 1 aromatic heterocycles. The number of hydrogen-bond donors (Lipinski definition) is 0. The standard InChI is InChI=1S/C11H11ClN2O2/c1-2-15-9-5-3-4-8(6-9)11-13-10(7-12)14-16-11/h3-6H,2,7H2,1H3. The quantitative estimate of drug-likeness (QED) is 0.769. The molecule has 1 heterocycles. The molecule has 16 heavy (non-hydrogen) atoms. The van der Waals surface area contributed by atoms with Gasteiger partial charge in [0, 0.05) is 5.56 Å². The monoisotopic (exact) mass is 238 g/mol. The van der Waals surface area contributed by atoms with Crippen LogP contribution in [0.4, 0.5) is 0 Å². The van der Waals surface area contributed by atoms with Gasteiger partial charge in [-0.2, -0.15) is 4.98 Å². The summed E-state index contributed by atoms with van der Waals surface area (Å²) in [6, 6.07) is 7.50. The van der Waals surface area contributed by atoms with Crippen molar-refractivity contribution in [3.63, 3.8) is 0 Å². The minimum atomic E-state index is 0.245. The Bertz CT molecular complexity index is 471. The van der Waals surface area contributed by atoms with E-state index in [-0.39, 0.29) is 5.88 Å². The van der Waals surface area contributed by atoms with E-state index in [0.29, 0.717) is 18.3 Å². The van der Waals surface area contributed by atoms with Crippen molar-refractivity contribution in [2.45, 2.75) is 12.8 Å². The van der Waals surface area contributed by atoms with Crippen molar-refractivity contribution in [1.29, 1.82) is 0 Å². The van der Waals surface area contributed by atoms with Gasteiger partial charge in [0.05, 0.1) is 12.5 Å². The van der Waals surface area contributed by atoms with Crippen LogP contribution in [0.3, 0.4) is 0 Å². The van der Waals surface area contributed by atoms with E-state index < -0.39 is 0 Å². The number of hydrogen-bond acceptors (Lipinski definition) is 4. The molecule has 4 nitrogen and oxygen atoms in total. The Kier molecular flexibility index (Phi) is 3.41. The fourth-order valence-corrected chi connectivity index (χ4v) is 1.42. The van der Waals surface area contributed by atoms with Crippen LogP contribution in [0.5, 0.6) is 5.75 Å². The van der Waals surface area contributed by atoms with Crippen molar-refractivity contribution < 1.29 is 9.26 Å². The molecule has 2 rings (SSSR count). The SMILES string of the molecule is CCOc1cccc(-c2nc(CCl)no2)c1. The van der Waals surface area contributed by atoms with Gasteiger partial charge in [-0.05, 0) is 25.1 Å². The molecular formula is C11H11ClN2O2. The second-order valence-corrected chi connectivity index (χ2v) is 3.38. The molecule has 0 N–H and O–H groups in total. The molecule has 0 amide bonds. The Morgan fingerprint density at radius 1 is 1.44 bits per heavy atom. The van der Waals surface area contributed by atoms with Crippen molar-refractivity contribution >= 4 is 11.6 Å². The van der Waals surface area contributed by atoms with Gasteiger partial charge in [-0.15, -0.1) is 11.6 Å². The lowest BCUT2D eigenvalue weighted by molar-refractivity contribution is 0.340. The van der Waals surface area contributed by atoms with Crippen LogP contribution < -0.4 is 4.74 Å². The third kappa shape index (κ3) is 2.33. The fraction of sp³-hybridized carbons (Fsp3) is 0.273. The summed E-state index contributed by atoms with van der Waals surface area (Å²) >= 11 is 5.60. The zero-order chi connectivity index (χ0) is 11.4. The van der Waals surface area contributed by atoms with Gasteiger partial charge in [0.15, 0.2) is 5.82 Å². The van der Waals surface area contributed by atoms with Crippen molar-refractivity contribution in [2.75, 3.05) is 6.61 Å². The Morgan fingerprint density at radius 2 is 2.31 bits per heavy atom. The first-order valence-corrected chi connectivity index (χ1v) is 5.48. The first-order valence-electron chi connectivity index (χ1n) is 4.95. The molecule has 0 saturated carbocycles. The van der Waals surface area contributed by atoms with Gasteiger partial charge in [0.25, 0.3) is 5.89 Å². The minimum Gasteiger partial charge on any atom is -0.494 e. The van der Waals surface area contributed by atoms with Crippen LogP contribution in [-0.4, -0.2) is 16.7 Å². The van der Waals surface area contributed by atoms with Gasteiger partial charge in [0.2, 0.25) is 0 Å². The molecule has 1 aromatic carbocycles. The molecule has 0 atom stereocenters. The van der Waals surface area contributed by atoms with Crippen LogP contribution in [0, 0.1) is 0 Å². The largest absolute Gasteiger partial charge is 0.494 e. The Morgan fingerprint density at radius 3 is 3.00 bits per heavy atom. The van der Waals surface area contributed by atoms with Gasteiger partial charge in [-0.1, -0.05) is 11.2 Å². The van der Waals surface area contributed by atoms with Gasteiger partial charge < -0.3 is 9.26 Å². The predicted octanol–water partition coefficient (Wildman–Crippen LogP) is 2.87. The molecule has 0 bridgehead atoms. The number of benzene rings is 1. The number of ether oxygens (including phenoxy) is 1.